The van der Waals surface area contributed by atoms with Crippen LogP contribution < -0.4 is 11.5 Å². The molecule has 0 radical (unpaired) electrons. The molecule has 1 aliphatic rings. The van der Waals surface area contributed by atoms with Crippen molar-refractivity contribution in [3.63, 3.8) is 0 Å². The molecule has 1 aliphatic heterocycles. The molecule has 1 amide bonds. The van der Waals surface area contributed by atoms with Crippen molar-refractivity contribution in [2.45, 2.75) is 23.3 Å². The molecule has 3 rings (SSSR count). The lowest BCUT2D eigenvalue weighted by Crippen LogP contribution is -2.63. The second-order valence-electron chi connectivity index (χ2n) is 7.77. The molecule has 3 atom stereocenters. The average Bonchev–Trinajstić information content (AvgIpc) is 2.72. The molecule has 0 spiro atoms. The molecule has 0 aliphatic carbocycles. The van der Waals surface area contributed by atoms with Crippen LogP contribution in [0.25, 0.3) is 11.1 Å². The van der Waals surface area contributed by atoms with Crippen LogP contribution in [-0.2, 0) is 25.8 Å². The van der Waals surface area contributed by atoms with E-state index in [2.05, 4.69) is 6.07 Å². The number of carbonyl (C=O) groups excluding carboxylic acids is 1. The average molecular weight is 428 g/mol. The fourth-order valence-corrected chi connectivity index (χ4v) is 4.50. The van der Waals surface area contributed by atoms with E-state index in [1.165, 1.54) is 6.26 Å². The van der Waals surface area contributed by atoms with E-state index in [1.807, 2.05) is 30.3 Å². The minimum absolute atomic E-state index is 0.216. The number of nitrogens with zero attached hydrogens (tertiary/aromatic N) is 1. The topological polar surface area (TPSA) is 136 Å². The van der Waals surface area contributed by atoms with E-state index >= 15 is 0 Å². The van der Waals surface area contributed by atoms with Crippen LogP contribution in [0.4, 0.5) is 0 Å². The van der Waals surface area contributed by atoms with Gasteiger partial charge in [-0.05, 0) is 41.7 Å². The number of benzene rings is 2. The zero-order chi connectivity index (χ0) is 21.9. The summed E-state index contributed by atoms with van der Waals surface area (Å²) in [4.78, 5) is 12.2. The monoisotopic (exact) mass is 427 g/mol. The minimum atomic E-state index is -3.29. The molecular formula is C22H25N3O4S. The first-order valence-corrected chi connectivity index (χ1v) is 11.5. The molecule has 2 aromatic carbocycles. The summed E-state index contributed by atoms with van der Waals surface area (Å²) in [7, 11) is -3.29. The zero-order valence-corrected chi connectivity index (χ0v) is 17.6. The SMILES string of the molecule is CS(=O)(=O)c1cccc(-c2ccc(CC(C#N)C3COCCC3(N)C(N)=O)cc2)c1. The van der Waals surface area contributed by atoms with Crippen molar-refractivity contribution in [2.24, 2.45) is 23.3 Å². The van der Waals surface area contributed by atoms with Crippen LogP contribution in [0, 0.1) is 23.2 Å². The van der Waals surface area contributed by atoms with Gasteiger partial charge in [-0.3, -0.25) is 4.79 Å². The maximum atomic E-state index is 11.9. The van der Waals surface area contributed by atoms with Gasteiger partial charge in [0.05, 0.1) is 23.5 Å². The maximum Gasteiger partial charge on any atom is 0.238 e. The zero-order valence-electron chi connectivity index (χ0n) is 16.7. The Kier molecular flexibility index (Phi) is 6.27. The largest absolute Gasteiger partial charge is 0.381 e. The Hall–Kier alpha value is -2.73. The summed E-state index contributed by atoms with van der Waals surface area (Å²) < 4.78 is 29.1. The highest BCUT2D eigenvalue weighted by atomic mass is 32.2. The van der Waals surface area contributed by atoms with E-state index < -0.39 is 33.1 Å². The minimum Gasteiger partial charge on any atom is -0.381 e. The Morgan fingerprint density at radius 2 is 1.97 bits per heavy atom. The van der Waals surface area contributed by atoms with Crippen LogP contribution in [0.3, 0.4) is 0 Å². The van der Waals surface area contributed by atoms with Crippen molar-refractivity contribution in [3.8, 4) is 17.2 Å². The summed E-state index contributed by atoms with van der Waals surface area (Å²) in [6.45, 7) is 0.559. The van der Waals surface area contributed by atoms with Crippen molar-refractivity contribution < 1.29 is 17.9 Å². The quantitative estimate of drug-likeness (QED) is 0.719. The fraction of sp³-hybridized carbons (Fsp3) is 0.364. The van der Waals surface area contributed by atoms with Crippen molar-refractivity contribution in [3.05, 3.63) is 54.1 Å². The normalized spacial score (nSPS) is 22.8. The predicted octanol–water partition coefficient (Wildman–Crippen LogP) is 1.66. The Bertz CT molecular complexity index is 1080. The van der Waals surface area contributed by atoms with Crippen LogP contribution in [0.1, 0.15) is 12.0 Å². The molecule has 2 aromatic rings. The van der Waals surface area contributed by atoms with E-state index in [0.29, 0.717) is 19.4 Å². The number of sulfone groups is 1. The molecular weight excluding hydrogens is 402 g/mol. The second kappa shape index (κ2) is 8.56. The van der Waals surface area contributed by atoms with Gasteiger partial charge >= 0.3 is 0 Å². The number of hydrogen-bond donors (Lipinski definition) is 2. The summed E-state index contributed by atoms with van der Waals surface area (Å²) >= 11 is 0. The lowest BCUT2D eigenvalue weighted by molar-refractivity contribution is -0.131. The number of amides is 1. The standard InChI is InChI=1S/C22H25N3O4S/c1-30(27,28)19-4-2-3-17(12-19)16-7-5-15(6-8-16)11-18(13-23)20-14-29-10-9-22(20,25)21(24)26/h2-8,12,18,20H,9-11,14,25H2,1H3,(H2,24,26). The molecule has 30 heavy (non-hydrogen) atoms. The maximum absolute atomic E-state index is 11.9. The first-order chi connectivity index (χ1) is 14.1. The third-order valence-electron chi connectivity index (χ3n) is 5.73. The van der Waals surface area contributed by atoms with Crippen molar-refractivity contribution in [2.75, 3.05) is 19.5 Å². The molecule has 4 N–H and O–H groups in total. The van der Waals surface area contributed by atoms with E-state index in [9.17, 15) is 18.5 Å². The second-order valence-corrected chi connectivity index (χ2v) is 9.79. The molecule has 1 heterocycles. The van der Waals surface area contributed by atoms with Crippen LogP contribution >= 0.6 is 0 Å². The van der Waals surface area contributed by atoms with Gasteiger partial charge in [0.15, 0.2) is 9.84 Å². The van der Waals surface area contributed by atoms with Crippen LogP contribution in [0.2, 0.25) is 0 Å². The Morgan fingerprint density at radius 1 is 1.27 bits per heavy atom. The summed E-state index contributed by atoms with van der Waals surface area (Å²) in [5.74, 6) is -1.63. The van der Waals surface area contributed by atoms with Crippen molar-refractivity contribution in [1.29, 1.82) is 5.26 Å². The number of rotatable bonds is 6. The third-order valence-corrected chi connectivity index (χ3v) is 6.84. The van der Waals surface area contributed by atoms with Gasteiger partial charge in [0.1, 0.15) is 5.54 Å². The van der Waals surface area contributed by atoms with E-state index in [-0.39, 0.29) is 11.5 Å². The van der Waals surface area contributed by atoms with Gasteiger partial charge in [0.2, 0.25) is 5.91 Å². The van der Waals surface area contributed by atoms with Crippen LogP contribution in [-0.4, -0.2) is 39.3 Å². The highest BCUT2D eigenvalue weighted by molar-refractivity contribution is 7.90. The van der Waals surface area contributed by atoms with Gasteiger partial charge in [0, 0.05) is 18.8 Å². The Morgan fingerprint density at radius 3 is 2.57 bits per heavy atom. The fourth-order valence-electron chi connectivity index (χ4n) is 3.84. The van der Waals surface area contributed by atoms with Crippen molar-refractivity contribution >= 4 is 15.7 Å². The highest BCUT2D eigenvalue weighted by Gasteiger charge is 2.46. The molecule has 7 nitrogen and oxygen atoms in total. The van der Waals surface area contributed by atoms with Crippen LogP contribution in [0.5, 0.6) is 0 Å². The van der Waals surface area contributed by atoms with E-state index in [1.54, 1.807) is 18.2 Å². The molecule has 158 valence electrons. The van der Waals surface area contributed by atoms with Crippen molar-refractivity contribution in [1.82, 2.24) is 0 Å². The number of primary amides is 1. The Labute approximate surface area is 176 Å². The van der Waals surface area contributed by atoms with E-state index in [4.69, 9.17) is 16.2 Å². The number of nitriles is 1. The predicted molar refractivity (Wildman–Crippen MR) is 113 cm³/mol. The van der Waals surface area contributed by atoms with Gasteiger partial charge < -0.3 is 16.2 Å². The van der Waals surface area contributed by atoms with Gasteiger partial charge in [-0.25, -0.2) is 8.42 Å². The molecule has 0 bridgehead atoms. The number of ether oxygens (including phenoxy) is 1. The van der Waals surface area contributed by atoms with Gasteiger partial charge in [-0.15, -0.1) is 0 Å². The van der Waals surface area contributed by atoms with Gasteiger partial charge in [-0.1, -0.05) is 36.4 Å². The molecule has 1 saturated heterocycles. The number of hydrogen-bond acceptors (Lipinski definition) is 6. The number of nitrogens with two attached hydrogens (primary N) is 2. The smallest absolute Gasteiger partial charge is 0.238 e. The third kappa shape index (κ3) is 4.54. The molecule has 0 aromatic heterocycles. The molecule has 8 heteroatoms. The highest BCUT2D eigenvalue weighted by Crippen LogP contribution is 2.33. The summed E-state index contributed by atoms with van der Waals surface area (Å²) in [5.41, 5.74) is 13.1. The number of carbonyl (C=O) groups is 1. The summed E-state index contributed by atoms with van der Waals surface area (Å²) in [5, 5.41) is 9.72. The van der Waals surface area contributed by atoms with Crippen LogP contribution in [0.15, 0.2) is 53.4 Å². The van der Waals surface area contributed by atoms with Gasteiger partial charge in [-0.2, -0.15) is 5.26 Å². The lowest BCUT2D eigenvalue weighted by Gasteiger charge is -2.40. The summed E-state index contributed by atoms with van der Waals surface area (Å²) in [6.07, 6.45) is 1.87. The summed E-state index contributed by atoms with van der Waals surface area (Å²) in [6, 6.07) is 16.6. The van der Waals surface area contributed by atoms with Gasteiger partial charge in [0.25, 0.3) is 0 Å². The molecule has 1 fully saturated rings. The Balaban J connectivity index is 1.81. The molecule has 0 saturated carbocycles. The first kappa shape index (κ1) is 22.0. The van der Waals surface area contributed by atoms with E-state index in [0.717, 1.165) is 16.7 Å². The molecule has 3 unspecified atom stereocenters. The lowest BCUT2D eigenvalue weighted by atomic mass is 9.71. The first-order valence-electron chi connectivity index (χ1n) is 9.61.